The molecule has 0 aliphatic carbocycles. The Morgan fingerprint density at radius 3 is 2.84 bits per heavy atom. The molecule has 3 aromatic rings. The maximum absolute atomic E-state index is 10.5. The molecule has 1 aliphatic rings. The molecule has 0 bridgehead atoms. The molecule has 0 atom stereocenters. The molecular weight excluding hydrogens is 316 g/mol. The van der Waals surface area contributed by atoms with E-state index in [1.54, 1.807) is 12.0 Å². The number of aliphatic hydroxyl groups excluding tert-OH is 1. The number of benzene rings is 2. The van der Waals surface area contributed by atoms with Crippen molar-refractivity contribution in [3.63, 3.8) is 0 Å². The molecule has 0 fully saturated rings. The molecule has 1 aromatic heterocycles. The van der Waals surface area contributed by atoms with Crippen LogP contribution in [-0.2, 0) is 0 Å². The van der Waals surface area contributed by atoms with Gasteiger partial charge in [-0.1, -0.05) is 18.2 Å². The number of rotatable bonds is 3. The first-order valence-corrected chi connectivity index (χ1v) is 7.97. The van der Waals surface area contributed by atoms with Crippen LogP contribution in [0, 0.1) is 12.3 Å². The van der Waals surface area contributed by atoms with Crippen molar-refractivity contribution >= 4 is 28.1 Å². The van der Waals surface area contributed by atoms with Crippen molar-refractivity contribution in [3.8, 4) is 5.75 Å². The number of imidazole rings is 1. The fourth-order valence-electron chi connectivity index (χ4n) is 3.13. The van der Waals surface area contributed by atoms with Crippen LogP contribution in [0.2, 0.25) is 0 Å². The fraction of sp³-hybridized carbons (Fsp3) is 0.158. The van der Waals surface area contributed by atoms with E-state index in [2.05, 4.69) is 9.97 Å². The number of nitrogens with zero attached hydrogens (tertiary/aromatic N) is 2. The Bertz CT molecular complexity index is 1020. The summed E-state index contributed by atoms with van der Waals surface area (Å²) in [5, 5.41) is 19.0. The molecule has 0 unspecified atom stereocenters. The van der Waals surface area contributed by atoms with Crippen molar-refractivity contribution in [2.75, 3.05) is 18.6 Å². The van der Waals surface area contributed by atoms with Crippen molar-refractivity contribution in [1.29, 1.82) is 5.41 Å². The van der Waals surface area contributed by atoms with Crippen molar-refractivity contribution in [1.82, 2.24) is 9.97 Å². The van der Waals surface area contributed by atoms with Crippen LogP contribution in [0.15, 0.2) is 48.2 Å². The van der Waals surface area contributed by atoms with Gasteiger partial charge in [-0.2, -0.15) is 0 Å². The molecule has 1 aliphatic heterocycles. The maximum Gasteiger partial charge on any atom is 0.145 e. The number of aryl methyl sites for hydroxylation is 1. The maximum atomic E-state index is 10.5. The summed E-state index contributed by atoms with van der Waals surface area (Å²) in [4.78, 5) is 9.46. The van der Waals surface area contributed by atoms with Gasteiger partial charge in [0.15, 0.2) is 0 Å². The summed E-state index contributed by atoms with van der Waals surface area (Å²) in [6.07, 6.45) is 0. The van der Waals surface area contributed by atoms with Crippen LogP contribution in [0.5, 0.6) is 5.75 Å². The van der Waals surface area contributed by atoms with Crippen LogP contribution in [0.3, 0.4) is 0 Å². The van der Waals surface area contributed by atoms with Crippen molar-refractivity contribution in [3.05, 3.63) is 59.6 Å². The summed E-state index contributed by atoms with van der Waals surface area (Å²) < 4.78 is 5.38. The zero-order valence-electron chi connectivity index (χ0n) is 14.0. The summed E-state index contributed by atoms with van der Waals surface area (Å²) in [7, 11) is 1.59. The van der Waals surface area contributed by atoms with Crippen LogP contribution >= 0.6 is 0 Å². The minimum atomic E-state index is 0.117. The number of methoxy groups -OCH3 is 1. The van der Waals surface area contributed by atoms with E-state index in [1.807, 2.05) is 49.4 Å². The molecule has 0 amide bonds. The lowest BCUT2D eigenvalue weighted by atomic mass is 10.2. The number of aromatic nitrogens is 2. The van der Waals surface area contributed by atoms with Gasteiger partial charge in [0.1, 0.15) is 23.2 Å². The molecule has 6 nitrogen and oxygen atoms in total. The van der Waals surface area contributed by atoms with Crippen molar-refractivity contribution in [2.45, 2.75) is 6.92 Å². The monoisotopic (exact) mass is 334 g/mol. The number of hydrogen-bond donors (Lipinski definition) is 3. The number of nitrogens with one attached hydrogen (secondary N) is 2. The third-order valence-corrected chi connectivity index (χ3v) is 4.35. The molecule has 2 heterocycles. The number of para-hydroxylation sites is 2. The number of aromatic amines is 1. The van der Waals surface area contributed by atoms with Gasteiger partial charge in [0, 0.05) is 0 Å². The highest BCUT2D eigenvalue weighted by Gasteiger charge is 2.32. The van der Waals surface area contributed by atoms with Crippen LogP contribution in [0.25, 0.3) is 16.6 Å². The van der Waals surface area contributed by atoms with Crippen LogP contribution in [0.1, 0.15) is 11.4 Å². The summed E-state index contributed by atoms with van der Waals surface area (Å²) in [5.41, 5.74) is 3.98. The van der Waals surface area contributed by atoms with Gasteiger partial charge in [-0.15, -0.1) is 0 Å². The third-order valence-electron chi connectivity index (χ3n) is 4.35. The Morgan fingerprint density at radius 1 is 1.24 bits per heavy atom. The van der Waals surface area contributed by atoms with E-state index < -0.39 is 0 Å². The Labute approximate surface area is 144 Å². The Morgan fingerprint density at radius 2 is 2.04 bits per heavy atom. The number of ether oxygens (including phenoxy) is 1. The topological polar surface area (TPSA) is 85.2 Å². The highest BCUT2D eigenvalue weighted by molar-refractivity contribution is 6.30. The van der Waals surface area contributed by atoms with E-state index in [0.29, 0.717) is 17.1 Å². The summed E-state index contributed by atoms with van der Waals surface area (Å²) in [5.74, 6) is 1.46. The standard InChI is InChI=1S/C19H18N4O2/c1-11-7-8-12-13(9-11)22-19(21-12)17-15(24)10-23(18(17)20)14-5-3-4-6-16(14)25-2/h3-9,20,24H,10H2,1-2H3,(H,21,22). The van der Waals surface area contributed by atoms with Crippen LogP contribution in [-0.4, -0.2) is 34.6 Å². The average molecular weight is 334 g/mol. The molecule has 126 valence electrons. The minimum absolute atomic E-state index is 0.117. The summed E-state index contributed by atoms with van der Waals surface area (Å²) >= 11 is 0. The normalized spacial score (nSPS) is 14.6. The first-order chi connectivity index (χ1) is 12.1. The van der Waals surface area contributed by atoms with Crippen molar-refractivity contribution in [2.24, 2.45) is 0 Å². The molecule has 0 saturated heterocycles. The predicted molar refractivity (Wildman–Crippen MR) is 98.4 cm³/mol. The second-order valence-corrected chi connectivity index (χ2v) is 6.03. The predicted octanol–water partition coefficient (Wildman–Crippen LogP) is 3.65. The number of amidine groups is 1. The van der Waals surface area contributed by atoms with Gasteiger partial charge in [0.05, 0.1) is 35.9 Å². The molecule has 3 N–H and O–H groups in total. The summed E-state index contributed by atoms with van der Waals surface area (Å²) in [6.45, 7) is 2.22. The Hall–Kier alpha value is -3.28. The smallest absolute Gasteiger partial charge is 0.145 e. The zero-order chi connectivity index (χ0) is 17.6. The van der Waals surface area contributed by atoms with Gasteiger partial charge >= 0.3 is 0 Å². The Balaban J connectivity index is 1.75. The molecule has 0 saturated carbocycles. The van der Waals surface area contributed by atoms with Gasteiger partial charge in [-0.05, 0) is 36.8 Å². The quantitative estimate of drug-likeness (QED) is 0.682. The molecule has 0 radical (unpaired) electrons. The van der Waals surface area contributed by atoms with E-state index >= 15 is 0 Å². The first-order valence-electron chi connectivity index (χ1n) is 7.97. The molecular formula is C19H18N4O2. The SMILES string of the molecule is COc1ccccc1N1CC(O)=C(c2nc3ccc(C)cc3[nH]2)C1=N. The molecule has 25 heavy (non-hydrogen) atoms. The lowest BCUT2D eigenvalue weighted by Crippen LogP contribution is -2.26. The first kappa shape index (κ1) is 15.3. The van der Waals surface area contributed by atoms with E-state index in [4.69, 9.17) is 10.1 Å². The second kappa shape index (κ2) is 5.66. The van der Waals surface area contributed by atoms with E-state index in [0.717, 1.165) is 22.3 Å². The molecule has 2 aromatic carbocycles. The van der Waals surface area contributed by atoms with Crippen LogP contribution in [0.4, 0.5) is 5.69 Å². The highest BCUT2D eigenvalue weighted by Crippen LogP contribution is 2.35. The van der Waals surface area contributed by atoms with Crippen LogP contribution < -0.4 is 9.64 Å². The average Bonchev–Trinajstić information content (AvgIpc) is 3.14. The second-order valence-electron chi connectivity index (χ2n) is 6.03. The van der Waals surface area contributed by atoms with Gasteiger partial charge < -0.3 is 19.7 Å². The number of fused-ring (bicyclic) bond motifs is 1. The van der Waals surface area contributed by atoms with E-state index in [-0.39, 0.29) is 18.1 Å². The molecule has 4 rings (SSSR count). The molecule has 6 heteroatoms. The minimum Gasteiger partial charge on any atom is -0.509 e. The van der Waals surface area contributed by atoms with E-state index in [1.165, 1.54) is 0 Å². The third kappa shape index (κ3) is 2.42. The Kier molecular flexibility index (Phi) is 3.46. The van der Waals surface area contributed by atoms with Gasteiger partial charge in [0.25, 0.3) is 0 Å². The fourth-order valence-corrected chi connectivity index (χ4v) is 3.13. The number of anilines is 1. The lowest BCUT2D eigenvalue weighted by Gasteiger charge is -2.20. The molecule has 0 spiro atoms. The number of H-pyrrole nitrogens is 1. The lowest BCUT2D eigenvalue weighted by molar-refractivity contribution is 0.406. The highest BCUT2D eigenvalue weighted by atomic mass is 16.5. The summed E-state index contributed by atoms with van der Waals surface area (Å²) in [6, 6.07) is 13.4. The van der Waals surface area contributed by atoms with Crippen molar-refractivity contribution < 1.29 is 9.84 Å². The number of aliphatic hydroxyl groups is 1. The zero-order valence-corrected chi connectivity index (χ0v) is 14.0. The van der Waals surface area contributed by atoms with Gasteiger partial charge in [-0.3, -0.25) is 5.41 Å². The van der Waals surface area contributed by atoms with Gasteiger partial charge in [-0.25, -0.2) is 4.98 Å². The van der Waals surface area contributed by atoms with Gasteiger partial charge in [0.2, 0.25) is 0 Å². The number of hydrogen-bond acceptors (Lipinski definition) is 4. The van der Waals surface area contributed by atoms with E-state index in [9.17, 15) is 5.11 Å². The largest absolute Gasteiger partial charge is 0.509 e.